The Morgan fingerprint density at radius 3 is 2.53 bits per heavy atom. The van der Waals surface area contributed by atoms with E-state index in [1.54, 1.807) is 0 Å². The normalized spacial score (nSPS) is 10.2. The summed E-state index contributed by atoms with van der Waals surface area (Å²) in [5, 5.41) is 3.12. The van der Waals surface area contributed by atoms with Crippen molar-refractivity contribution in [1.29, 1.82) is 0 Å². The second kappa shape index (κ2) is 4.29. The van der Waals surface area contributed by atoms with E-state index in [1.165, 1.54) is 17.5 Å². The zero-order valence-corrected chi connectivity index (χ0v) is 9.86. The fraction of sp³-hybridized carbons (Fsp3) is 0.167. The summed E-state index contributed by atoms with van der Waals surface area (Å²) in [5.41, 5.74) is 15.1. The van der Waals surface area contributed by atoms with E-state index in [0.717, 1.165) is 5.69 Å². The molecule has 5 N–H and O–H groups in total. The summed E-state index contributed by atoms with van der Waals surface area (Å²) < 4.78 is 0. The van der Waals surface area contributed by atoms with E-state index in [4.69, 9.17) is 11.5 Å². The van der Waals surface area contributed by atoms with Gasteiger partial charge in [0.2, 0.25) is 0 Å². The van der Waals surface area contributed by atoms with Crippen LogP contribution in [-0.2, 0) is 0 Å². The minimum atomic E-state index is 0.284. The largest absolute Gasteiger partial charge is 0.393 e. The van der Waals surface area contributed by atoms with Gasteiger partial charge in [0.15, 0.2) is 11.6 Å². The van der Waals surface area contributed by atoms with Crippen LogP contribution in [0.5, 0.6) is 0 Å². The van der Waals surface area contributed by atoms with Gasteiger partial charge in [0, 0.05) is 5.69 Å². The molecule has 0 aliphatic heterocycles. The van der Waals surface area contributed by atoms with Crippen LogP contribution in [0.1, 0.15) is 11.1 Å². The Hall–Kier alpha value is -2.30. The Morgan fingerprint density at radius 2 is 1.82 bits per heavy atom. The van der Waals surface area contributed by atoms with E-state index in [0.29, 0.717) is 11.5 Å². The maximum Gasteiger partial charge on any atom is 0.159 e. The molecule has 0 aliphatic carbocycles. The predicted molar refractivity (Wildman–Crippen MR) is 70.1 cm³/mol. The highest BCUT2D eigenvalue weighted by Gasteiger charge is 2.05. The molecule has 5 nitrogen and oxygen atoms in total. The topological polar surface area (TPSA) is 89.8 Å². The molecule has 1 aromatic carbocycles. The summed E-state index contributed by atoms with van der Waals surface area (Å²) in [6, 6.07) is 6.05. The first-order chi connectivity index (χ1) is 8.08. The lowest BCUT2D eigenvalue weighted by Gasteiger charge is -2.10. The Morgan fingerprint density at radius 1 is 1.06 bits per heavy atom. The van der Waals surface area contributed by atoms with Gasteiger partial charge >= 0.3 is 0 Å². The van der Waals surface area contributed by atoms with Gasteiger partial charge in [0.1, 0.15) is 12.0 Å². The van der Waals surface area contributed by atoms with Crippen molar-refractivity contribution in [3.63, 3.8) is 0 Å². The first kappa shape index (κ1) is 11.2. The van der Waals surface area contributed by atoms with Crippen LogP contribution in [0.25, 0.3) is 0 Å². The number of nitrogens with zero attached hydrogens (tertiary/aromatic N) is 2. The van der Waals surface area contributed by atoms with Crippen molar-refractivity contribution < 1.29 is 0 Å². The maximum atomic E-state index is 5.79. The molecule has 0 aliphatic rings. The third-order valence-corrected chi connectivity index (χ3v) is 2.68. The highest BCUT2D eigenvalue weighted by atomic mass is 15.1. The smallest absolute Gasteiger partial charge is 0.159 e. The van der Waals surface area contributed by atoms with E-state index in [9.17, 15) is 0 Å². The summed E-state index contributed by atoms with van der Waals surface area (Å²) in [4.78, 5) is 7.87. The average molecular weight is 229 g/mol. The van der Waals surface area contributed by atoms with Gasteiger partial charge in [-0.15, -0.1) is 0 Å². The molecule has 17 heavy (non-hydrogen) atoms. The zero-order valence-electron chi connectivity index (χ0n) is 9.86. The van der Waals surface area contributed by atoms with E-state index in [-0.39, 0.29) is 5.82 Å². The summed E-state index contributed by atoms with van der Waals surface area (Å²) in [6.07, 6.45) is 1.38. The number of aromatic nitrogens is 2. The van der Waals surface area contributed by atoms with Crippen LogP contribution < -0.4 is 16.8 Å². The fourth-order valence-electron chi connectivity index (χ4n) is 1.46. The molecule has 88 valence electrons. The lowest BCUT2D eigenvalue weighted by Crippen LogP contribution is -2.04. The van der Waals surface area contributed by atoms with Crippen LogP contribution in [0.4, 0.5) is 23.0 Å². The molecule has 1 heterocycles. The number of benzene rings is 1. The van der Waals surface area contributed by atoms with E-state index in [2.05, 4.69) is 29.1 Å². The zero-order chi connectivity index (χ0) is 12.4. The van der Waals surface area contributed by atoms with Gasteiger partial charge < -0.3 is 16.8 Å². The quantitative estimate of drug-likeness (QED) is 0.732. The van der Waals surface area contributed by atoms with Crippen LogP contribution in [0.2, 0.25) is 0 Å². The lowest BCUT2D eigenvalue weighted by atomic mass is 10.1. The Kier molecular flexibility index (Phi) is 2.82. The maximum absolute atomic E-state index is 5.79. The molecule has 0 spiro atoms. The van der Waals surface area contributed by atoms with Crippen LogP contribution in [0.15, 0.2) is 24.5 Å². The number of nitrogens with one attached hydrogen (secondary N) is 1. The number of aryl methyl sites for hydroxylation is 2. The van der Waals surface area contributed by atoms with E-state index < -0.39 is 0 Å². The fourth-order valence-corrected chi connectivity index (χ4v) is 1.46. The summed E-state index contributed by atoms with van der Waals surface area (Å²) in [7, 11) is 0. The van der Waals surface area contributed by atoms with Crippen molar-refractivity contribution in [2.24, 2.45) is 0 Å². The molecule has 5 heteroatoms. The monoisotopic (exact) mass is 229 g/mol. The number of hydrogen-bond donors (Lipinski definition) is 3. The van der Waals surface area contributed by atoms with Crippen molar-refractivity contribution >= 4 is 23.0 Å². The van der Waals surface area contributed by atoms with E-state index in [1.807, 2.05) is 18.2 Å². The molecular formula is C12H15N5. The lowest BCUT2D eigenvalue weighted by molar-refractivity contribution is 1.18. The number of nitrogen functional groups attached to an aromatic ring is 2. The summed E-state index contributed by atoms with van der Waals surface area (Å²) >= 11 is 0. The van der Waals surface area contributed by atoms with Gasteiger partial charge in [-0.2, -0.15) is 0 Å². The standard InChI is InChI=1S/C12H15N5/c1-7-3-4-9(5-8(7)2)17-12-10(13)11(14)15-6-16-12/h3-6H,13H2,1-2H3,(H3,14,15,16,17). The minimum absolute atomic E-state index is 0.284. The molecule has 1 aromatic heterocycles. The van der Waals surface area contributed by atoms with E-state index >= 15 is 0 Å². The van der Waals surface area contributed by atoms with Gasteiger partial charge in [-0.05, 0) is 37.1 Å². The van der Waals surface area contributed by atoms with Crippen LogP contribution in [-0.4, -0.2) is 9.97 Å². The Labute approximate surface area is 99.9 Å². The van der Waals surface area contributed by atoms with Gasteiger partial charge in [0.25, 0.3) is 0 Å². The minimum Gasteiger partial charge on any atom is -0.393 e. The third-order valence-electron chi connectivity index (χ3n) is 2.68. The van der Waals surface area contributed by atoms with Crippen molar-refractivity contribution in [2.75, 3.05) is 16.8 Å². The van der Waals surface area contributed by atoms with Gasteiger partial charge in [-0.1, -0.05) is 6.07 Å². The van der Waals surface area contributed by atoms with Crippen LogP contribution >= 0.6 is 0 Å². The molecule has 2 rings (SSSR count). The number of anilines is 4. The molecule has 0 radical (unpaired) electrons. The van der Waals surface area contributed by atoms with Crippen molar-refractivity contribution in [3.05, 3.63) is 35.7 Å². The molecule has 0 saturated carbocycles. The molecule has 0 amide bonds. The number of nitrogens with two attached hydrogens (primary N) is 2. The van der Waals surface area contributed by atoms with Crippen molar-refractivity contribution in [3.8, 4) is 0 Å². The molecule has 0 bridgehead atoms. The highest BCUT2D eigenvalue weighted by Crippen LogP contribution is 2.24. The van der Waals surface area contributed by atoms with Gasteiger partial charge in [-0.3, -0.25) is 0 Å². The summed E-state index contributed by atoms with van der Waals surface area (Å²) in [6.45, 7) is 4.12. The van der Waals surface area contributed by atoms with Gasteiger partial charge in [0.05, 0.1) is 0 Å². The third kappa shape index (κ3) is 2.28. The highest BCUT2D eigenvalue weighted by molar-refractivity contribution is 5.76. The molecular weight excluding hydrogens is 214 g/mol. The predicted octanol–water partition coefficient (Wildman–Crippen LogP) is 2.00. The summed E-state index contributed by atoms with van der Waals surface area (Å²) in [5.74, 6) is 0.812. The van der Waals surface area contributed by atoms with Crippen LogP contribution in [0, 0.1) is 13.8 Å². The number of rotatable bonds is 2. The average Bonchev–Trinajstić information content (AvgIpc) is 2.30. The molecule has 0 unspecified atom stereocenters. The second-order valence-corrected chi connectivity index (χ2v) is 3.95. The molecule has 2 aromatic rings. The molecule has 0 atom stereocenters. The number of hydrogen-bond acceptors (Lipinski definition) is 5. The van der Waals surface area contributed by atoms with Crippen LogP contribution in [0.3, 0.4) is 0 Å². The van der Waals surface area contributed by atoms with Crippen molar-refractivity contribution in [2.45, 2.75) is 13.8 Å². The Bertz CT molecular complexity index is 551. The first-order valence-electron chi connectivity index (χ1n) is 5.28. The van der Waals surface area contributed by atoms with Crippen molar-refractivity contribution in [1.82, 2.24) is 9.97 Å². The van der Waals surface area contributed by atoms with Gasteiger partial charge in [-0.25, -0.2) is 9.97 Å². The molecule has 0 saturated heterocycles. The Balaban J connectivity index is 2.31. The molecule has 0 fully saturated rings. The first-order valence-corrected chi connectivity index (χ1v) is 5.28. The SMILES string of the molecule is Cc1ccc(Nc2ncnc(N)c2N)cc1C. The second-order valence-electron chi connectivity index (χ2n) is 3.95.